The van der Waals surface area contributed by atoms with Gasteiger partial charge in [-0.25, -0.2) is 4.79 Å². The number of hydrogen-bond acceptors (Lipinski definition) is 4. The van der Waals surface area contributed by atoms with Crippen LogP contribution in [0.5, 0.6) is 5.75 Å². The van der Waals surface area contributed by atoms with E-state index in [9.17, 15) is 18.0 Å². The first kappa shape index (κ1) is 20.2. The number of piperidine rings is 1. The van der Waals surface area contributed by atoms with Gasteiger partial charge in [0.1, 0.15) is 11.3 Å². The van der Waals surface area contributed by atoms with Crippen LogP contribution in [0.15, 0.2) is 60.8 Å². The maximum atomic E-state index is 13.9. The van der Waals surface area contributed by atoms with Gasteiger partial charge in [0, 0.05) is 12.1 Å². The predicted octanol–water partition coefficient (Wildman–Crippen LogP) is 4.71. The third-order valence-corrected chi connectivity index (χ3v) is 5.08. The van der Waals surface area contributed by atoms with E-state index in [1.165, 1.54) is 0 Å². The summed E-state index contributed by atoms with van der Waals surface area (Å²) in [6.45, 7) is 1.13. The summed E-state index contributed by atoms with van der Waals surface area (Å²) in [5, 5.41) is 6.98. The number of rotatable bonds is 4. The van der Waals surface area contributed by atoms with Gasteiger partial charge in [-0.3, -0.25) is 4.68 Å². The monoisotopic (exact) mass is 415 g/mol. The first-order valence-electron chi connectivity index (χ1n) is 9.67. The molecule has 1 N–H and O–H groups in total. The molecule has 0 saturated carbocycles. The van der Waals surface area contributed by atoms with Crippen LogP contribution in [0.3, 0.4) is 0 Å². The number of benzene rings is 2. The first-order chi connectivity index (χ1) is 14.4. The fourth-order valence-electron chi connectivity index (χ4n) is 3.68. The average Bonchev–Trinajstić information content (AvgIpc) is 3.21. The van der Waals surface area contributed by atoms with Crippen molar-refractivity contribution in [3.05, 3.63) is 72.1 Å². The van der Waals surface area contributed by atoms with E-state index in [-0.39, 0.29) is 5.75 Å². The van der Waals surface area contributed by atoms with Crippen molar-refractivity contribution in [2.45, 2.75) is 25.1 Å². The Morgan fingerprint density at radius 1 is 1.10 bits per heavy atom. The smallest absolute Gasteiger partial charge is 0.422 e. The molecule has 1 aliphatic heterocycles. The Hall–Kier alpha value is -3.13. The molecule has 0 radical (unpaired) electrons. The van der Waals surface area contributed by atoms with Crippen LogP contribution in [0.2, 0.25) is 0 Å². The van der Waals surface area contributed by atoms with Gasteiger partial charge in [-0.2, -0.15) is 18.3 Å². The van der Waals surface area contributed by atoms with Gasteiger partial charge in [-0.05, 0) is 31.0 Å². The molecule has 156 valence electrons. The van der Waals surface area contributed by atoms with Crippen LogP contribution in [0.4, 0.5) is 13.2 Å². The fourth-order valence-corrected chi connectivity index (χ4v) is 3.68. The SMILES string of the molecule is O=C(Oc1ccccc1-c1ccccc1)c1cnn(C2CCCNC2)c1C(F)(F)F. The zero-order valence-electron chi connectivity index (χ0n) is 16.0. The molecule has 1 aromatic heterocycles. The number of carbonyl (C=O) groups excluding carboxylic acids is 1. The van der Waals surface area contributed by atoms with Crippen LogP contribution in [-0.2, 0) is 6.18 Å². The Balaban J connectivity index is 1.68. The molecule has 5 nitrogen and oxygen atoms in total. The molecule has 1 fully saturated rings. The van der Waals surface area contributed by atoms with E-state index in [1.54, 1.807) is 24.3 Å². The Morgan fingerprint density at radius 2 is 1.83 bits per heavy atom. The number of nitrogens with zero attached hydrogens (tertiary/aromatic N) is 2. The highest BCUT2D eigenvalue weighted by molar-refractivity contribution is 5.93. The van der Waals surface area contributed by atoms with Gasteiger partial charge < -0.3 is 10.1 Å². The van der Waals surface area contributed by atoms with Crippen LogP contribution < -0.4 is 10.1 Å². The van der Waals surface area contributed by atoms with Crippen LogP contribution >= 0.6 is 0 Å². The quantitative estimate of drug-likeness (QED) is 0.495. The Kier molecular flexibility index (Phi) is 5.59. The van der Waals surface area contributed by atoms with Crippen molar-refractivity contribution in [1.29, 1.82) is 0 Å². The molecule has 1 atom stereocenters. The van der Waals surface area contributed by atoms with E-state index in [0.717, 1.165) is 29.4 Å². The molecule has 2 aromatic carbocycles. The summed E-state index contributed by atoms with van der Waals surface area (Å²) in [4.78, 5) is 12.8. The third kappa shape index (κ3) is 4.09. The van der Waals surface area contributed by atoms with E-state index < -0.39 is 29.4 Å². The Labute approximate surface area is 171 Å². The lowest BCUT2D eigenvalue weighted by molar-refractivity contribution is -0.145. The maximum Gasteiger partial charge on any atom is 0.433 e. The van der Waals surface area contributed by atoms with E-state index in [4.69, 9.17) is 4.74 Å². The highest BCUT2D eigenvalue weighted by Gasteiger charge is 2.42. The number of nitrogens with one attached hydrogen (secondary N) is 1. The van der Waals surface area contributed by atoms with E-state index >= 15 is 0 Å². The molecule has 0 spiro atoms. The van der Waals surface area contributed by atoms with Crippen LogP contribution in [-0.4, -0.2) is 28.8 Å². The minimum atomic E-state index is -4.73. The van der Waals surface area contributed by atoms with Crippen molar-refractivity contribution in [2.75, 3.05) is 13.1 Å². The zero-order chi connectivity index (χ0) is 21.1. The van der Waals surface area contributed by atoms with Crippen molar-refractivity contribution in [2.24, 2.45) is 0 Å². The molecular formula is C22H20F3N3O2. The number of ether oxygens (including phenoxy) is 1. The molecule has 1 aliphatic rings. The number of carbonyl (C=O) groups is 1. The molecule has 4 rings (SSSR count). The summed E-state index contributed by atoms with van der Waals surface area (Å²) in [6, 6.07) is 15.5. The summed E-state index contributed by atoms with van der Waals surface area (Å²) >= 11 is 0. The van der Waals surface area contributed by atoms with Gasteiger partial charge in [0.2, 0.25) is 0 Å². The Morgan fingerprint density at radius 3 is 2.53 bits per heavy atom. The molecule has 1 saturated heterocycles. The number of halogens is 3. The minimum absolute atomic E-state index is 0.189. The van der Waals surface area contributed by atoms with E-state index in [2.05, 4.69) is 10.4 Å². The maximum absolute atomic E-state index is 13.9. The van der Waals surface area contributed by atoms with E-state index in [1.807, 2.05) is 30.3 Å². The molecule has 0 aliphatic carbocycles. The summed E-state index contributed by atoms with van der Waals surface area (Å²) in [5.74, 6) is -0.894. The normalized spacial score (nSPS) is 17.0. The lowest BCUT2D eigenvalue weighted by atomic mass is 10.0. The summed E-state index contributed by atoms with van der Waals surface area (Å²) in [5.41, 5.74) is -0.251. The van der Waals surface area contributed by atoms with E-state index in [0.29, 0.717) is 18.5 Å². The van der Waals surface area contributed by atoms with Crippen molar-refractivity contribution in [1.82, 2.24) is 15.1 Å². The average molecular weight is 415 g/mol. The van der Waals surface area contributed by atoms with Gasteiger partial charge in [-0.1, -0.05) is 48.5 Å². The summed E-state index contributed by atoms with van der Waals surface area (Å²) in [6.07, 6.45) is -2.48. The largest absolute Gasteiger partial charge is 0.433 e. The van der Waals surface area contributed by atoms with Gasteiger partial charge in [-0.15, -0.1) is 0 Å². The molecular weight excluding hydrogens is 395 g/mol. The summed E-state index contributed by atoms with van der Waals surface area (Å²) < 4.78 is 47.9. The van der Waals surface area contributed by atoms with Crippen LogP contribution in [0.1, 0.15) is 34.9 Å². The lowest BCUT2D eigenvalue weighted by Gasteiger charge is -2.25. The second-order valence-electron chi connectivity index (χ2n) is 7.10. The van der Waals surface area contributed by atoms with Gasteiger partial charge in [0.15, 0.2) is 5.69 Å². The van der Waals surface area contributed by atoms with Crippen molar-refractivity contribution >= 4 is 5.97 Å². The molecule has 0 amide bonds. The lowest BCUT2D eigenvalue weighted by Crippen LogP contribution is -2.34. The third-order valence-electron chi connectivity index (χ3n) is 5.08. The number of hydrogen-bond donors (Lipinski definition) is 1. The molecule has 30 heavy (non-hydrogen) atoms. The fraction of sp³-hybridized carbons (Fsp3) is 0.273. The molecule has 1 unspecified atom stereocenters. The topological polar surface area (TPSA) is 56.1 Å². The first-order valence-corrected chi connectivity index (χ1v) is 9.67. The van der Waals surface area contributed by atoms with Gasteiger partial charge >= 0.3 is 12.1 Å². The zero-order valence-corrected chi connectivity index (χ0v) is 16.0. The number of aromatic nitrogens is 2. The van der Waals surface area contributed by atoms with Crippen molar-refractivity contribution in [3.8, 4) is 16.9 Å². The van der Waals surface area contributed by atoms with Crippen molar-refractivity contribution < 1.29 is 22.7 Å². The molecule has 8 heteroatoms. The number of alkyl halides is 3. The second-order valence-corrected chi connectivity index (χ2v) is 7.10. The van der Waals surface area contributed by atoms with Gasteiger partial charge in [0.05, 0.1) is 12.2 Å². The predicted molar refractivity (Wildman–Crippen MR) is 105 cm³/mol. The molecule has 0 bridgehead atoms. The molecule has 2 heterocycles. The van der Waals surface area contributed by atoms with Crippen molar-refractivity contribution in [3.63, 3.8) is 0 Å². The standard InChI is InChI=1S/C22H20F3N3O2/c23-22(24,25)20-18(14-27-28(20)16-9-6-12-26-13-16)21(29)30-19-11-5-4-10-17(19)15-7-2-1-3-8-15/h1-5,7-8,10-11,14,16,26H,6,9,12-13H2. The number of esters is 1. The van der Waals surface area contributed by atoms with Crippen LogP contribution in [0, 0.1) is 0 Å². The second kappa shape index (κ2) is 8.31. The minimum Gasteiger partial charge on any atom is -0.422 e. The summed E-state index contributed by atoms with van der Waals surface area (Å²) in [7, 11) is 0. The van der Waals surface area contributed by atoms with Crippen LogP contribution in [0.25, 0.3) is 11.1 Å². The number of para-hydroxylation sites is 1. The highest BCUT2D eigenvalue weighted by atomic mass is 19.4. The van der Waals surface area contributed by atoms with Gasteiger partial charge in [0.25, 0.3) is 0 Å². The Bertz CT molecular complexity index is 1030. The highest BCUT2D eigenvalue weighted by Crippen LogP contribution is 2.36. The molecule has 3 aromatic rings.